The molecule has 2 aromatic rings. The van der Waals surface area contributed by atoms with Crippen molar-refractivity contribution in [2.45, 2.75) is 31.7 Å². The van der Waals surface area contributed by atoms with Crippen LogP contribution in [-0.4, -0.2) is 48.2 Å². The lowest BCUT2D eigenvalue weighted by atomic mass is 10.1. The molecule has 1 aromatic heterocycles. The van der Waals surface area contributed by atoms with Crippen LogP contribution in [0, 0.1) is 0 Å². The number of benzene rings is 1. The molecule has 27 heavy (non-hydrogen) atoms. The fourth-order valence-corrected chi connectivity index (χ4v) is 4.57. The first kappa shape index (κ1) is 19.4. The Morgan fingerprint density at radius 3 is 2.52 bits per heavy atom. The molecule has 0 atom stereocenters. The molecule has 0 bridgehead atoms. The van der Waals surface area contributed by atoms with Gasteiger partial charge in [-0.1, -0.05) is 0 Å². The fraction of sp³-hybridized carbons (Fsp3) is 0.444. The molecule has 1 aromatic carbocycles. The van der Waals surface area contributed by atoms with Gasteiger partial charge in [-0.25, -0.2) is 13.2 Å². The average Bonchev–Trinajstić information content (AvgIpc) is 2.97. The zero-order valence-electron chi connectivity index (χ0n) is 15.6. The van der Waals surface area contributed by atoms with Crippen LogP contribution in [0.15, 0.2) is 29.2 Å². The number of hydrogen-bond acceptors (Lipinski definition) is 6. The van der Waals surface area contributed by atoms with Crippen molar-refractivity contribution in [3.8, 4) is 5.75 Å². The Balaban J connectivity index is 1.89. The van der Waals surface area contributed by atoms with Crippen molar-refractivity contribution in [1.82, 2.24) is 14.1 Å². The van der Waals surface area contributed by atoms with Crippen molar-refractivity contribution in [3.05, 3.63) is 41.2 Å². The molecule has 0 N–H and O–H groups in total. The molecule has 0 saturated carbocycles. The second-order valence-corrected chi connectivity index (χ2v) is 8.05. The third-order valence-corrected chi connectivity index (χ3v) is 6.26. The summed E-state index contributed by atoms with van der Waals surface area (Å²) < 4.78 is 39.3. The monoisotopic (exact) mass is 393 g/mol. The van der Waals surface area contributed by atoms with Crippen LogP contribution in [-0.2, 0) is 34.8 Å². The van der Waals surface area contributed by atoms with Gasteiger partial charge in [0, 0.05) is 32.1 Å². The van der Waals surface area contributed by atoms with Crippen LogP contribution in [0.5, 0.6) is 5.75 Å². The summed E-state index contributed by atoms with van der Waals surface area (Å²) >= 11 is 0. The van der Waals surface area contributed by atoms with E-state index in [-0.39, 0.29) is 18.0 Å². The normalized spacial score (nSPS) is 14.6. The number of esters is 1. The van der Waals surface area contributed by atoms with Crippen LogP contribution >= 0.6 is 0 Å². The molecule has 3 rings (SSSR count). The van der Waals surface area contributed by atoms with Gasteiger partial charge in [0.25, 0.3) is 0 Å². The molecule has 0 spiro atoms. The summed E-state index contributed by atoms with van der Waals surface area (Å²) in [7, 11) is -2.03. The maximum atomic E-state index is 13.0. The Labute approximate surface area is 158 Å². The summed E-state index contributed by atoms with van der Waals surface area (Å²) in [6.07, 6.45) is 0.443. The van der Waals surface area contributed by atoms with E-state index >= 15 is 0 Å². The third kappa shape index (κ3) is 3.70. The molecule has 0 unspecified atom stereocenters. The van der Waals surface area contributed by atoms with Gasteiger partial charge in [0.05, 0.1) is 23.8 Å². The molecule has 2 heterocycles. The summed E-state index contributed by atoms with van der Waals surface area (Å²) in [6.45, 7) is 4.74. The minimum Gasteiger partial charge on any atom is -0.494 e. The Hall–Kier alpha value is -2.39. The van der Waals surface area contributed by atoms with Gasteiger partial charge in [-0.3, -0.25) is 4.68 Å². The van der Waals surface area contributed by atoms with Gasteiger partial charge in [0.2, 0.25) is 10.0 Å². The molecule has 0 aliphatic carbocycles. The summed E-state index contributed by atoms with van der Waals surface area (Å²) in [6, 6.07) is 6.34. The highest BCUT2D eigenvalue weighted by molar-refractivity contribution is 7.89. The first-order chi connectivity index (χ1) is 12.9. The summed E-state index contributed by atoms with van der Waals surface area (Å²) in [5, 5.41) is 4.35. The van der Waals surface area contributed by atoms with Gasteiger partial charge in [-0.2, -0.15) is 9.40 Å². The molecular weight excluding hydrogens is 370 g/mol. The molecule has 8 nitrogen and oxygen atoms in total. The molecule has 1 aliphatic heterocycles. The van der Waals surface area contributed by atoms with E-state index < -0.39 is 16.0 Å². The van der Waals surface area contributed by atoms with E-state index in [9.17, 15) is 13.2 Å². The first-order valence-electron chi connectivity index (χ1n) is 8.83. The van der Waals surface area contributed by atoms with Crippen molar-refractivity contribution in [2.75, 3.05) is 19.8 Å². The number of ether oxygens (including phenoxy) is 2. The fourth-order valence-electron chi connectivity index (χ4n) is 3.16. The van der Waals surface area contributed by atoms with Gasteiger partial charge < -0.3 is 9.47 Å². The molecule has 9 heteroatoms. The van der Waals surface area contributed by atoms with Crippen molar-refractivity contribution < 1.29 is 22.7 Å². The van der Waals surface area contributed by atoms with E-state index in [1.54, 1.807) is 26.1 Å². The molecule has 0 amide bonds. The second kappa shape index (κ2) is 7.69. The molecule has 146 valence electrons. The molecule has 0 radical (unpaired) electrons. The topological polar surface area (TPSA) is 90.7 Å². The van der Waals surface area contributed by atoms with Crippen molar-refractivity contribution >= 4 is 16.0 Å². The van der Waals surface area contributed by atoms with E-state index in [1.165, 1.54) is 21.1 Å². The van der Waals surface area contributed by atoms with Gasteiger partial charge in [0.15, 0.2) is 5.69 Å². The Kier molecular flexibility index (Phi) is 5.52. The number of hydrogen-bond donors (Lipinski definition) is 0. The quantitative estimate of drug-likeness (QED) is 0.695. The number of carbonyl (C=O) groups excluding carboxylic acids is 1. The number of aryl methyl sites for hydroxylation is 1. The number of fused-ring (bicyclic) bond motifs is 1. The highest BCUT2D eigenvalue weighted by atomic mass is 32.2. The Bertz CT molecular complexity index is 935. The van der Waals surface area contributed by atoms with Crippen molar-refractivity contribution in [2.24, 2.45) is 7.05 Å². The van der Waals surface area contributed by atoms with Gasteiger partial charge >= 0.3 is 5.97 Å². The zero-order chi connectivity index (χ0) is 19.6. The maximum Gasteiger partial charge on any atom is 0.356 e. The summed E-state index contributed by atoms with van der Waals surface area (Å²) in [4.78, 5) is 12.4. The predicted octanol–water partition coefficient (Wildman–Crippen LogP) is 1.74. The van der Waals surface area contributed by atoms with Crippen LogP contribution in [0.3, 0.4) is 0 Å². The number of rotatable bonds is 6. The SMILES string of the molecule is CCOC(=O)c1c2c(nn1C)CCN(S(=O)(=O)c1ccc(OCC)cc1)C2. The van der Waals surface area contributed by atoms with E-state index in [0.717, 1.165) is 5.69 Å². The molecule has 0 fully saturated rings. The van der Waals surface area contributed by atoms with Crippen LogP contribution in [0.2, 0.25) is 0 Å². The summed E-state index contributed by atoms with van der Waals surface area (Å²) in [5.74, 6) is 0.128. The number of nitrogens with zero attached hydrogens (tertiary/aromatic N) is 3. The molecular formula is C18H23N3O5S. The lowest BCUT2D eigenvalue weighted by Crippen LogP contribution is -2.36. The van der Waals surface area contributed by atoms with E-state index in [4.69, 9.17) is 9.47 Å². The first-order valence-corrected chi connectivity index (χ1v) is 10.3. The van der Waals surface area contributed by atoms with E-state index in [1.807, 2.05) is 6.92 Å². The summed E-state index contributed by atoms with van der Waals surface area (Å²) in [5.41, 5.74) is 1.65. The highest BCUT2D eigenvalue weighted by Crippen LogP contribution is 2.28. The second-order valence-electron chi connectivity index (χ2n) is 6.11. The minimum atomic E-state index is -3.69. The van der Waals surface area contributed by atoms with Crippen LogP contribution < -0.4 is 4.74 Å². The Morgan fingerprint density at radius 2 is 1.89 bits per heavy atom. The highest BCUT2D eigenvalue weighted by Gasteiger charge is 2.33. The average molecular weight is 393 g/mol. The number of carbonyl (C=O) groups is 1. The van der Waals surface area contributed by atoms with Gasteiger partial charge in [0.1, 0.15) is 5.75 Å². The number of aromatic nitrogens is 2. The van der Waals surface area contributed by atoms with Crippen LogP contribution in [0.25, 0.3) is 0 Å². The van der Waals surface area contributed by atoms with E-state index in [2.05, 4.69) is 5.10 Å². The largest absolute Gasteiger partial charge is 0.494 e. The van der Waals surface area contributed by atoms with Crippen molar-refractivity contribution in [3.63, 3.8) is 0 Å². The van der Waals surface area contributed by atoms with Crippen LogP contribution in [0.1, 0.15) is 35.6 Å². The lowest BCUT2D eigenvalue weighted by Gasteiger charge is -2.26. The minimum absolute atomic E-state index is 0.0901. The maximum absolute atomic E-state index is 13.0. The van der Waals surface area contributed by atoms with Gasteiger partial charge in [-0.15, -0.1) is 0 Å². The molecule has 1 aliphatic rings. The van der Waals surface area contributed by atoms with Gasteiger partial charge in [-0.05, 0) is 38.1 Å². The predicted molar refractivity (Wildman–Crippen MR) is 98.1 cm³/mol. The lowest BCUT2D eigenvalue weighted by molar-refractivity contribution is 0.0511. The number of sulfonamides is 1. The Morgan fingerprint density at radius 1 is 1.19 bits per heavy atom. The van der Waals surface area contributed by atoms with E-state index in [0.29, 0.717) is 36.6 Å². The molecule has 0 saturated heterocycles. The third-order valence-electron chi connectivity index (χ3n) is 4.40. The zero-order valence-corrected chi connectivity index (χ0v) is 16.5. The van der Waals surface area contributed by atoms with Crippen molar-refractivity contribution in [1.29, 1.82) is 0 Å². The van der Waals surface area contributed by atoms with Crippen LogP contribution in [0.4, 0.5) is 0 Å². The standard InChI is InChI=1S/C18H23N3O5S/c1-4-25-13-6-8-14(9-7-13)27(23,24)21-11-10-16-15(12-21)17(20(3)19-16)18(22)26-5-2/h6-9H,4-5,10-12H2,1-3H3. The smallest absolute Gasteiger partial charge is 0.356 e.